The van der Waals surface area contributed by atoms with Gasteiger partial charge in [0.2, 0.25) is 0 Å². The number of aliphatic imine (C=N–C) groups is 1. The molecule has 2 heterocycles. The number of halogens is 2. The van der Waals surface area contributed by atoms with Crippen molar-refractivity contribution >= 4 is 52.5 Å². The third-order valence-electron chi connectivity index (χ3n) is 4.43. The van der Waals surface area contributed by atoms with Crippen LogP contribution in [0.1, 0.15) is 16.1 Å². The highest BCUT2D eigenvalue weighted by Gasteiger charge is 2.34. The molecule has 3 amide bonds. The predicted molar refractivity (Wildman–Crippen MR) is 109 cm³/mol. The van der Waals surface area contributed by atoms with E-state index in [0.717, 1.165) is 4.90 Å². The van der Waals surface area contributed by atoms with E-state index in [2.05, 4.69) is 4.99 Å². The number of hydrogen-bond acceptors (Lipinski definition) is 5. The minimum atomic E-state index is -1.40. The van der Waals surface area contributed by atoms with Gasteiger partial charge in [-0.3, -0.25) is 4.79 Å². The van der Waals surface area contributed by atoms with Crippen LogP contribution in [0.5, 0.6) is 0 Å². The van der Waals surface area contributed by atoms with Crippen molar-refractivity contribution in [2.45, 2.75) is 6.42 Å². The van der Waals surface area contributed by atoms with E-state index in [9.17, 15) is 19.5 Å². The Morgan fingerprint density at radius 2 is 1.77 bits per heavy atom. The smallest absolute Gasteiger partial charge is 0.355 e. The first-order valence-corrected chi connectivity index (χ1v) is 9.40. The summed E-state index contributed by atoms with van der Waals surface area (Å²) in [6.07, 6.45) is -0.00437. The molecule has 9 heteroatoms. The molecule has 1 aliphatic rings. The molecular weight excluding hydrogens is 431 g/mol. The first kappa shape index (κ1) is 19.9. The zero-order valence-electron chi connectivity index (χ0n) is 15.1. The molecule has 7 nitrogen and oxygen atoms in total. The van der Waals surface area contributed by atoms with E-state index in [1.807, 2.05) is 0 Å². The van der Waals surface area contributed by atoms with Crippen molar-refractivity contribution in [2.75, 3.05) is 4.90 Å². The van der Waals surface area contributed by atoms with Gasteiger partial charge in [-0.25, -0.2) is 9.69 Å². The fourth-order valence-electron chi connectivity index (χ4n) is 2.99. The summed E-state index contributed by atoms with van der Waals surface area (Å²) in [5, 5.41) is 11.7. The number of hydrogen-bond donors (Lipinski definition) is 0. The molecule has 0 radical (unpaired) electrons. The third kappa shape index (κ3) is 3.72. The van der Waals surface area contributed by atoms with Gasteiger partial charge in [0.1, 0.15) is 17.2 Å². The highest BCUT2D eigenvalue weighted by molar-refractivity contribution is 6.54. The molecule has 150 valence electrons. The van der Waals surface area contributed by atoms with Crippen LogP contribution in [0.15, 0.2) is 64.0 Å². The Kier molecular flexibility index (Phi) is 5.15. The fraction of sp³-hybridized carbons (Fsp3) is 0.0476. The molecule has 30 heavy (non-hydrogen) atoms. The highest BCUT2D eigenvalue weighted by Crippen LogP contribution is 2.28. The van der Waals surface area contributed by atoms with Gasteiger partial charge in [-0.2, -0.15) is 4.99 Å². The number of benzene rings is 2. The average molecular weight is 442 g/mol. The minimum absolute atomic E-state index is 0.00437. The zero-order chi connectivity index (χ0) is 21.4. The van der Waals surface area contributed by atoms with Crippen LogP contribution in [0.2, 0.25) is 10.0 Å². The van der Waals surface area contributed by atoms with Gasteiger partial charge in [0.15, 0.2) is 0 Å². The summed E-state index contributed by atoms with van der Waals surface area (Å²) in [6, 6.07) is 13.2. The van der Waals surface area contributed by atoms with E-state index in [0.29, 0.717) is 27.8 Å². The topological polar surface area (TPSA) is 103 Å². The molecule has 0 bridgehead atoms. The van der Waals surface area contributed by atoms with Crippen LogP contribution in [-0.2, 0) is 11.2 Å². The number of amides is 3. The maximum Gasteiger partial charge on any atom is 0.355 e. The van der Waals surface area contributed by atoms with E-state index in [1.54, 1.807) is 42.5 Å². The lowest BCUT2D eigenvalue weighted by Gasteiger charge is -2.12. The number of anilines is 1. The fourth-order valence-corrected chi connectivity index (χ4v) is 3.31. The molecule has 0 N–H and O–H groups in total. The summed E-state index contributed by atoms with van der Waals surface area (Å²) in [6.45, 7) is 0. The van der Waals surface area contributed by atoms with Crippen molar-refractivity contribution in [3.63, 3.8) is 0 Å². The summed E-state index contributed by atoms with van der Waals surface area (Å²) >= 11 is 11.7. The number of carbonyl (C=O) groups is 3. The Bertz CT molecular complexity index is 1210. The van der Waals surface area contributed by atoms with Crippen LogP contribution in [-0.4, -0.2) is 23.6 Å². The summed E-state index contributed by atoms with van der Waals surface area (Å²) in [7, 11) is 0. The number of aromatic carboxylic acids is 1. The first-order chi connectivity index (χ1) is 14.3. The molecule has 0 aliphatic carbocycles. The maximum absolute atomic E-state index is 12.7. The van der Waals surface area contributed by atoms with Crippen molar-refractivity contribution < 1.29 is 23.9 Å². The normalized spacial score (nSPS) is 13.7. The average Bonchev–Trinajstić information content (AvgIpc) is 3.28. The summed E-state index contributed by atoms with van der Waals surface area (Å²) in [5.41, 5.74) is 0.710. The predicted octanol–water partition coefficient (Wildman–Crippen LogP) is 3.77. The Balaban J connectivity index is 1.54. The SMILES string of the molecule is O=C([O-])c1cc(-c2ccc(CC3=NC(=O)N(c4ccc(Cl)cc4)C3=O)o2)ccc1Cl. The number of urea groups is 1. The molecule has 1 aliphatic heterocycles. The van der Waals surface area contributed by atoms with Crippen molar-refractivity contribution in [2.24, 2.45) is 4.99 Å². The molecule has 0 unspecified atom stereocenters. The minimum Gasteiger partial charge on any atom is -0.545 e. The van der Waals surface area contributed by atoms with Gasteiger partial charge in [0.05, 0.1) is 18.1 Å². The monoisotopic (exact) mass is 441 g/mol. The van der Waals surface area contributed by atoms with Crippen molar-refractivity contribution in [3.8, 4) is 11.3 Å². The summed E-state index contributed by atoms with van der Waals surface area (Å²) in [5.74, 6) is -1.20. The van der Waals surface area contributed by atoms with Gasteiger partial charge in [-0.15, -0.1) is 0 Å². The zero-order valence-corrected chi connectivity index (χ0v) is 16.6. The van der Waals surface area contributed by atoms with E-state index < -0.39 is 17.9 Å². The number of carbonyl (C=O) groups excluding carboxylic acids is 3. The number of carboxylic acids is 1. The van der Waals surface area contributed by atoms with Crippen LogP contribution >= 0.6 is 23.2 Å². The molecular formula is C21H11Cl2N2O5-. The van der Waals surface area contributed by atoms with Gasteiger partial charge in [0.25, 0.3) is 5.91 Å². The lowest BCUT2D eigenvalue weighted by atomic mass is 10.1. The molecule has 3 aromatic rings. The number of rotatable bonds is 5. The quantitative estimate of drug-likeness (QED) is 0.599. The van der Waals surface area contributed by atoms with Crippen LogP contribution in [0.3, 0.4) is 0 Å². The van der Waals surface area contributed by atoms with Crippen LogP contribution in [0.4, 0.5) is 10.5 Å². The molecule has 0 fully saturated rings. The Hall–Kier alpha value is -3.42. The number of imide groups is 1. The van der Waals surface area contributed by atoms with Gasteiger partial charge >= 0.3 is 6.03 Å². The van der Waals surface area contributed by atoms with Crippen LogP contribution in [0, 0.1) is 0 Å². The third-order valence-corrected chi connectivity index (χ3v) is 5.01. The molecule has 0 saturated carbocycles. The largest absolute Gasteiger partial charge is 0.545 e. The van der Waals surface area contributed by atoms with Gasteiger partial charge in [0, 0.05) is 21.2 Å². The Morgan fingerprint density at radius 3 is 2.47 bits per heavy atom. The molecule has 4 rings (SSSR count). The number of nitrogens with zero attached hydrogens (tertiary/aromatic N) is 2. The van der Waals surface area contributed by atoms with Crippen molar-refractivity contribution in [1.82, 2.24) is 0 Å². The van der Waals surface area contributed by atoms with Crippen LogP contribution < -0.4 is 10.0 Å². The van der Waals surface area contributed by atoms with Gasteiger partial charge in [-0.1, -0.05) is 23.2 Å². The summed E-state index contributed by atoms with van der Waals surface area (Å²) < 4.78 is 5.71. The lowest BCUT2D eigenvalue weighted by Crippen LogP contribution is -2.33. The first-order valence-electron chi connectivity index (χ1n) is 8.65. The Labute approximate surface area is 180 Å². The van der Waals surface area contributed by atoms with Gasteiger partial charge < -0.3 is 14.3 Å². The second-order valence-electron chi connectivity index (χ2n) is 6.38. The molecule has 2 aromatic carbocycles. The molecule has 0 spiro atoms. The lowest BCUT2D eigenvalue weighted by molar-refractivity contribution is -0.255. The second kappa shape index (κ2) is 7.78. The van der Waals surface area contributed by atoms with Crippen molar-refractivity contribution in [3.05, 3.63) is 76.0 Å². The van der Waals surface area contributed by atoms with Gasteiger partial charge in [-0.05, 0) is 54.6 Å². The van der Waals surface area contributed by atoms with E-state index in [4.69, 9.17) is 27.6 Å². The van der Waals surface area contributed by atoms with Crippen LogP contribution in [0.25, 0.3) is 11.3 Å². The number of carboxylic acid groups (broad SMARTS) is 1. The molecule has 0 saturated heterocycles. The standard InChI is InChI=1S/C21H12Cl2N2O5/c22-12-2-4-13(5-3-12)25-19(26)17(24-21(25)29)10-14-6-8-18(30-14)11-1-7-16(23)15(9-11)20(27)28/h1-9H,10H2,(H,27,28)/p-1. The highest BCUT2D eigenvalue weighted by atomic mass is 35.5. The summed E-state index contributed by atoms with van der Waals surface area (Å²) in [4.78, 5) is 40.8. The van der Waals surface area contributed by atoms with E-state index in [1.165, 1.54) is 12.1 Å². The number of furan rings is 1. The molecule has 0 atom stereocenters. The van der Waals surface area contributed by atoms with E-state index >= 15 is 0 Å². The van der Waals surface area contributed by atoms with E-state index in [-0.39, 0.29) is 22.7 Å². The second-order valence-corrected chi connectivity index (χ2v) is 7.23. The van der Waals surface area contributed by atoms with Crippen molar-refractivity contribution in [1.29, 1.82) is 0 Å². The molecule has 1 aromatic heterocycles. The maximum atomic E-state index is 12.7. The Morgan fingerprint density at radius 1 is 1.03 bits per heavy atom.